The van der Waals surface area contributed by atoms with Crippen molar-refractivity contribution in [2.75, 3.05) is 19.7 Å². The van der Waals surface area contributed by atoms with Gasteiger partial charge in [-0.25, -0.2) is 0 Å². The summed E-state index contributed by atoms with van der Waals surface area (Å²) in [4.78, 5) is 12.2. The molecule has 1 heterocycles. The molecule has 1 aliphatic heterocycles. The van der Waals surface area contributed by atoms with E-state index in [9.17, 15) is 9.90 Å². The van der Waals surface area contributed by atoms with Gasteiger partial charge in [-0.15, -0.1) is 0 Å². The van der Waals surface area contributed by atoms with Gasteiger partial charge < -0.3 is 19.9 Å². The Morgan fingerprint density at radius 1 is 1.55 bits per heavy atom. The largest absolute Gasteiger partial charge is 0.454 e. The van der Waals surface area contributed by atoms with Gasteiger partial charge in [-0.05, 0) is 25.3 Å². The summed E-state index contributed by atoms with van der Waals surface area (Å²) >= 11 is 7.55. The van der Waals surface area contributed by atoms with E-state index >= 15 is 0 Å². The summed E-state index contributed by atoms with van der Waals surface area (Å²) in [5.41, 5.74) is 0.406. The van der Waals surface area contributed by atoms with Crippen LogP contribution in [0, 0.1) is 0 Å². The van der Waals surface area contributed by atoms with Crippen molar-refractivity contribution in [3.05, 3.63) is 22.7 Å². The summed E-state index contributed by atoms with van der Waals surface area (Å²) in [6.45, 7) is 1.96. The van der Waals surface area contributed by atoms with E-state index in [2.05, 4.69) is 5.32 Å². The van der Waals surface area contributed by atoms with Gasteiger partial charge in [0.05, 0.1) is 11.6 Å². The van der Waals surface area contributed by atoms with Crippen molar-refractivity contribution in [3.8, 4) is 11.5 Å². The highest BCUT2D eigenvalue weighted by atomic mass is 35.5. The molecule has 0 saturated carbocycles. The number of hydrogen-bond acceptors (Lipinski definition) is 5. The van der Waals surface area contributed by atoms with Crippen molar-refractivity contribution in [2.45, 2.75) is 18.2 Å². The van der Waals surface area contributed by atoms with Gasteiger partial charge in [0, 0.05) is 16.9 Å². The van der Waals surface area contributed by atoms with E-state index in [1.807, 2.05) is 13.2 Å². The van der Waals surface area contributed by atoms with Crippen LogP contribution in [0.25, 0.3) is 0 Å². The van der Waals surface area contributed by atoms with Crippen LogP contribution in [0.5, 0.6) is 11.5 Å². The number of rotatable bonds is 5. The monoisotopic (exact) mass is 317 g/mol. The number of ether oxygens (including phenoxy) is 2. The lowest BCUT2D eigenvalue weighted by molar-refractivity contribution is 0.0935. The Labute approximate surface area is 126 Å². The number of aliphatic hydroxyl groups excluding tert-OH is 1. The zero-order valence-corrected chi connectivity index (χ0v) is 12.8. The highest BCUT2D eigenvalue weighted by molar-refractivity contribution is 7.99. The molecule has 0 fully saturated rings. The molecule has 0 spiro atoms. The second-order valence-corrected chi connectivity index (χ2v) is 5.89. The molecule has 0 aliphatic carbocycles. The SMILES string of the molecule is CSC(CO)C(C)NC(=O)c1cc(Cl)c2c(c1)OCO2. The van der Waals surface area contributed by atoms with Crippen molar-refractivity contribution in [1.82, 2.24) is 5.32 Å². The van der Waals surface area contributed by atoms with Gasteiger partial charge in [-0.1, -0.05) is 11.6 Å². The van der Waals surface area contributed by atoms with Crippen LogP contribution in [-0.2, 0) is 0 Å². The van der Waals surface area contributed by atoms with Crippen LogP contribution >= 0.6 is 23.4 Å². The molecule has 2 atom stereocenters. The average molecular weight is 318 g/mol. The fraction of sp³-hybridized carbons (Fsp3) is 0.462. The zero-order valence-electron chi connectivity index (χ0n) is 11.2. The third-order valence-corrected chi connectivity index (χ3v) is 4.53. The average Bonchev–Trinajstić information content (AvgIpc) is 2.88. The van der Waals surface area contributed by atoms with Crippen molar-refractivity contribution in [3.63, 3.8) is 0 Å². The van der Waals surface area contributed by atoms with Crippen LogP contribution in [0.2, 0.25) is 5.02 Å². The van der Waals surface area contributed by atoms with E-state index < -0.39 is 0 Å². The number of halogens is 1. The maximum atomic E-state index is 12.2. The zero-order chi connectivity index (χ0) is 14.7. The van der Waals surface area contributed by atoms with E-state index in [-0.39, 0.29) is 30.6 Å². The van der Waals surface area contributed by atoms with Crippen molar-refractivity contribution >= 4 is 29.3 Å². The molecule has 2 N–H and O–H groups in total. The normalized spacial score (nSPS) is 15.8. The van der Waals surface area contributed by atoms with Gasteiger partial charge in [-0.3, -0.25) is 4.79 Å². The molecule has 0 bridgehead atoms. The van der Waals surface area contributed by atoms with Crippen LogP contribution in [0.3, 0.4) is 0 Å². The Morgan fingerprint density at radius 2 is 2.30 bits per heavy atom. The molecule has 1 aromatic carbocycles. The number of nitrogens with one attached hydrogen (secondary N) is 1. The van der Waals surface area contributed by atoms with Crippen molar-refractivity contribution in [2.24, 2.45) is 0 Å². The van der Waals surface area contributed by atoms with Crippen LogP contribution in [0.1, 0.15) is 17.3 Å². The summed E-state index contributed by atoms with van der Waals surface area (Å²) in [7, 11) is 0. The minimum atomic E-state index is -0.259. The Bertz CT molecular complexity index is 507. The van der Waals surface area contributed by atoms with E-state index in [4.69, 9.17) is 21.1 Å². The number of amides is 1. The molecule has 20 heavy (non-hydrogen) atoms. The van der Waals surface area contributed by atoms with E-state index in [0.29, 0.717) is 22.1 Å². The number of hydrogen-bond donors (Lipinski definition) is 2. The first kappa shape index (κ1) is 15.3. The summed E-state index contributed by atoms with van der Waals surface area (Å²) in [5.74, 6) is 0.678. The second-order valence-electron chi connectivity index (χ2n) is 4.41. The van der Waals surface area contributed by atoms with Gasteiger partial charge in [0.1, 0.15) is 0 Å². The molecule has 1 aliphatic rings. The van der Waals surface area contributed by atoms with Gasteiger partial charge in [0.25, 0.3) is 5.91 Å². The molecular weight excluding hydrogens is 302 g/mol. The Morgan fingerprint density at radius 3 is 2.95 bits per heavy atom. The molecule has 0 radical (unpaired) electrons. The van der Waals surface area contributed by atoms with E-state index in [0.717, 1.165) is 0 Å². The van der Waals surface area contributed by atoms with E-state index in [1.54, 1.807) is 12.1 Å². The maximum Gasteiger partial charge on any atom is 0.251 e. The minimum absolute atomic E-state index is 0.00447. The highest BCUT2D eigenvalue weighted by Crippen LogP contribution is 2.39. The Hall–Kier alpha value is -1.11. The van der Waals surface area contributed by atoms with Crippen molar-refractivity contribution in [1.29, 1.82) is 0 Å². The topological polar surface area (TPSA) is 67.8 Å². The molecule has 2 rings (SSSR count). The lowest BCUT2D eigenvalue weighted by Crippen LogP contribution is -2.41. The smallest absolute Gasteiger partial charge is 0.251 e. The van der Waals surface area contributed by atoms with Gasteiger partial charge in [-0.2, -0.15) is 11.8 Å². The Balaban J connectivity index is 2.12. The van der Waals surface area contributed by atoms with Crippen LogP contribution in [-0.4, -0.2) is 42.0 Å². The Kier molecular flexibility index (Phi) is 5.01. The molecule has 2 unspecified atom stereocenters. The fourth-order valence-corrected chi connectivity index (χ4v) is 2.81. The van der Waals surface area contributed by atoms with Gasteiger partial charge >= 0.3 is 0 Å². The van der Waals surface area contributed by atoms with Gasteiger partial charge in [0.2, 0.25) is 6.79 Å². The van der Waals surface area contributed by atoms with Crippen LogP contribution in [0.4, 0.5) is 0 Å². The minimum Gasteiger partial charge on any atom is -0.454 e. The van der Waals surface area contributed by atoms with Crippen LogP contribution < -0.4 is 14.8 Å². The molecule has 110 valence electrons. The summed E-state index contributed by atoms with van der Waals surface area (Å²) in [6.07, 6.45) is 1.89. The number of carbonyl (C=O) groups excluding carboxylic acids is 1. The lowest BCUT2D eigenvalue weighted by Gasteiger charge is -2.21. The third kappa shape index (κ3) is 3.13. The lowest BCUT2D eigenvalue weighted by atomic mass is 10.1. The predicted octanol–water partition coefficient (Wildman–Crippen LogP) is 1.91. The number of fused-ring (bicyclic) bond motifs is 1. The highest BCUT2D eigenvalue weighted by Gasteiger charge is 2.23. The molecule has 5 nitrogen and oxygen atoms in total. The summed E-state index contributed by atoms with van der Waals surface area (Å²) < 4.78 is 10.4. The second kappa shape index (κ2) is 6.56. The molecule has 7 heteroatoms. The van der Waals surface area contributed by atoms with E-state index in [1.165, 1.54) is 11.8 Å². The van der Waals surface area contributed by atoms with Crippen LogP contribution in [0.15, 0.2) is 12.1 Å². The molecule has 1 aromatic rings. The first-order valence-corrected chi connectivity index (χ1v) is 7.77. The summed E-state index contributed by atoms with van der Waals surface area (Å²) in [6, 6.07) is 2.99. The number of aliphatic hydroxyl groups is 1. The van der Waals surface area contributed by atoms with Gasteiger partial charge in [0.15, 0.2) is 11.5 Å². The van der Waals surface area contributed by atoms with Crippen molar-refractivity contribution < 1.29 is 19.4 Å². The number of carbonyl (C=O) groups is 1. The first-order valence-electron chi connectivity index (χ1n) is 6.10. The molecule has 0 saturated heterocycles. The molecular formula is C13H16ClNO4S. The molecule has 0 aromatic heterocycles. The number of thioether (sulfide) groups is 1. The maximum absolute atomic E-state index is 12.2. The molecule has 1 amide bonds. The predicted molar refractivity (Wildman–Crippen MR) is 78.9 cm³/mol. The summed E-state index contributed by atoms with van der Waals surface area (Å²) in [5, 5.41) is 12.4. The standard InChI is InChI=1S/C13H16ClNO4S/c1-7(11(5-16)20-2)15-13(17)8-3-9(14)12-10(4-8)18-6-19-12/h3-4,7,11,16H,5-6H2,1-2H3,(H,15,17). The first-order chi connectivity index (χ1) is 9.56. The quantitative estimate of drug-likeness (QED) is 0.868. The third-order valence-electron chi connectivity index (χ3n) is 3.09. The fourth-order valence-electron chi connectivity index (χ4n) is 1.92. The number of benzene rings is 1.